The van der Waals surface area contributed by atoms with Crippen LogP contribution in [0.25, 0.3) is 0 Å². The minimum atomic E-state index is -4.93. The molecule has 0 spiro atoms. The molecular formula is C54H68N3NaO10S. The van der Waals surface area contributed by atoms with Gasteiger partial charge < -0.3 is 51.0 Å². The molecule has 3 aromatic carbocycles. The molecule has 5 aliphatic heterocycles. The average molecular weight is 974 g/mol. The van der Waals surface area contributed by atoms with Crippen LogP contribution in [0, 0.1) is 47.3 Å². The predicted octanol–water partition coefficient (Wildman–Crippen LogP) is 3.51. The molecule has 366 valence electrons. The zero-order valence-electron chi connectivity index (χ0n) is 40.0. The Bertz CT molecular complexity index is 2560. The van der Waals surface area contributed by atoms with Crippen LogP contribution in [0.2, 0.25) is 0 Å². The third-order valence-corrected chi connectivity index (χ3v) is 18.0. The summed E-state index contributed by atoms with van der Waals surface area (Å²) in [4.78, 5) is 4.92. The van der Waals surface area contributed by atoms with Crippen molar-refractivity contribution in [1.29, 1.82) is 0 Å². The molecule has 13 atom stereocenters. The number of aliphatic hydroxyl groups is 4. The van der Waals surface area contributed by atoms with Gasteiger partial charge in [0.2, 0.25) is 5.72 Å². The summed E-state index contributed by atoms with van der Waals surface area (Å²) in [6.07, 6.45) is 8.28. The predicted molar refractivity (Wildman–Crippen MR) is 257 cm³/mol. The molecule has 10 bridgehead atoms. The molecule has 0 amide bonds. The second-order valence-electron chi connectivity index (χ2n) is 21.0. The van der Waals surface area contributed by atoms with E-state index in [0.717, 1.165) is 47.1 Å². The molecule has 3 aromatic rings. The van der Waals surface area contributed by atoms with Crippen LogP contribution < -0.4 is 45.8 Å². The van der Waals surface area contributed by atoms with Gasteiger partial charge in [0.1, 0.15) is 17.6 Å². The Hall–Kier alpha value is -3.46. The van der Waals surface area contributed by atoms with Crippen molar-refractivity contribution >= 4 is 16.1 Å². The van der Waals surface area contributed by atoms with Crippen LogP contribution in [0.15, 0.2) is 77.3 Å². The molecule has 8 aliphatic rings. The van der Waals surface area contributed by atoms with E-state index < -0.39 is 50.6 Å². The first-order valence-corrected chi connectivity index (χ1v) is 26.3. The molecule has 0 radical (unpaired) electrons. The fourth-order valence-corrected chi connectivity index (χ4v) is 14.5. The summed E-state index contributed by atoms with van der Waals surface area (Å²) in [7, 11) is -4.93. The largest absolute Gasteiger partial charge is 1.00 e. The van der Waals surface area contributed by atoms with Gasteiger partial charge in [-0.25, -0.2) is 13.4 Å². The van der Waals surface area contributed by atoms with Crippen molar-refractivity contribution in [2.45, 2.75) is 137 Å². The fourth-order valence-electron chi connectivity index (χ4n) is 13.4. The van der Waals surface area contributed by atoms with E-state index in [0.29, 0.717) is 68.2 Å². The standard InChI is InChI=1S/C54H69N3O10S.Na/c1-32-7-8-37-25-43-14-16-45(37)47(32)28-49(68(63,64)65)48-27-39-23-38(26-44-22-34(31-60)4-2-6-36-24-42(61)13-15-46(36)51(39)66-44)50(48)35-9-11-40(12-10-35)54(67-43,57-52(55)56)30-41(18-21-59)53(62)19-17-33(29-53)5-3-20-58;/h9-16,24-25,27,32-34,38,41,44,47-51,58-62H,3-5,7-8,17-23,26,28-31H2,1H3,(H4,55,56,57)(H,63,64,65);/q;+1/p-1. The molecular weight excluding hydrogens is 906 g/mol. The molecule has 11 rings (SSSR count). The van der Waals surface area contributed by atoms with E-state index in [1.54, 1.807) is 12.1 Å². The average Bonchev–Trinajstić information content (AvgIpc) is 3.63. The quantitative estimate of drug-likeness (QED) is 0.0365. The van der Waals surface area contributed by atoms with Crippen LogP contribution in [0.3, 0.4) is 0 Å². The van der Waals surface area contributed by atoms with E-state index >= 15 is 0 Å². The molecule has 9 N–H and O–H groups in total. The summed E-state index contributed by atoms with van der Waals surface area (Å²) >= 11 is 0. The van der Waals surface area contributed by atoms with Crippen LogP contribution >= 0.6 is 0 Å². The summed E-state index contributed by atoms with van der Waals surface area (Å²) in [5.41, 5.74) is 15.6. The van der Waals surface area contributed by atoms with Crippen LogP contribution in [0.1, 0.15) is 142 Å². The molecule has 3 aliphatic carbocycles. The molecule has 15 heteroatoms. The van der Waals surface area contributed by atoms with Gasteiger partial charge in [-0.3, -0.25) is 0 Å². The Morgan fingerprint density at radius 3 is 2.49 bits per heavy atom. The molecule has 1 saturated heterocycles. The number of nitrogens with zero attached hydrogens (tertiary/aromatic N) is 1. The number of ether oxygens (including phenoxy) is 2. The Balaban J connectivity index is 0.00000642. The zero-order chi connectivity index (χ0) is 48.0. The number of fused-ring (bicyclic) bond motifs is 9. The topological polar surface area (TPSA) is 241 Å². The number of benzene rings is 3. The number of aryl methyl sites for hydroxylation is 1. The van der Waals surface area contributed by atoms with E-state index in [4.69, 9.17) is 25.9 Å². The Morgan fingerprint density at radius 1 is 0.986 bits per heavy atom. The van der Waals surface area contributed by atoms with Crippen LogP contribution in [-0.2, 0) is 27.0 Å². The van der Waals surface area contributed by atoms with E-state index in [1.165, 1.54) is 0 Å². The maximum absolute atomic E-state index is 14.1. The molecule has 2 fully saturated rings. The fraction of sp³-hybridized carbons (Fsp3) is 0.574. The number of phenolic OH excluding ortho intramolecular Hbond substituents is 1. The Morgan fingerprint density at radius 2 is 1.77 bits per heavy atom. The zero-order valence-corrected chi connectivity index (χ0v) is 42.8. The molecule has 0 aromatic heterocycles. The number of aliphatic hydroxyl groups excluding tert-OH is 3. The number of hydrogen-bond donors (Lipinski definition) is 7. The van der Waals surface area contributed by atoms with Crippen molar-refractivity contribution in [1.82, 2.24) is 0 Å². The number of allylic oxidation sites excluding steroid dienone is 1. The van der Waals surface area contributed by atoms with Gasteiger partial charge in [0, 0.05) is 49.4 Å². The number of nitrogens with two attached hydrogens (primary N) is 2. The second-order valence-corrected chi connectivity index (χ2v) is 22.6. The number of aromatic hydroxyl groups is 1. The van der Waals surface area contributed by atoms with Gasteiger partial charge in [0.05, 0.1) is 27.1 Å². The third kappa shape index (κ3) is 10.8. The summed E-state index contributed by atoms with van der Waals surface area (Å²) in [5, 5.41) is 52.5. The van der Waals surface area contributed by atoms with Gasteiger partial charge in [-0.2, -0.15) is 0 Å². The van der Waals surface area contributed by atoms with Gasteiger partial charge in [0.25, 0.3) is 0 Å². The minimum absolute atomic E-state index is 0. The van der Waals surface area contributed by atoms with Gasteiger partial charge in [-0.05, 0) is 171 Å². The Kier molecular flexibility index (Phi) is 16.0. The Labute approximate surface area is 429 Å². The maximum Gasteiger partial charge on any atom is 1.00 e. The van der Waals surface area contributed by atoms with Gasteiger partial charge in [-0.15, -0.1) is 0 Å². The number of aliphatic imine (C=N–C) groups is 1. The first-order chi connectivity index (χ1) is 32.6. The summed E-state index contributed by atoms with van der Waals surface area (Å²) in [5.74, 6) is 4.75. The van der Waals surface area contributed by atoms with E-state index in [9.17, 15) is 38.5 Å². The van der Waals surface area contributed by atoms with E-state index in [2.05, 4.69) is 18.8 Å². The van der Waals surface area contributed by atoms with E-state index in [1.807, 2.05) is 54.6 Å². The number of hydrogen-bond acceptors (Lipinski definition) is 11. The number of phenols is 1. The molecule has 13 unspecified atom stereocenters. The van der Waals surface area contributed by atoms with Crippen molar-refractivity contribution in [2.24, 2.45) is 52.0 Å². The van der Waals surface area contributed by atoms with Gasteiger partial charge >= 0.3 is 29.6 Å². The number of rotatable bonds is 11. The summed E-state index contributed by atoms with van der Waals surface area (Å²) < 4.78 is 56.6. The first-order valence-electron chi connectivity index (χ1n) is 24.8. The maximum atomic E-state index is 14.1. The van der Waals surface area contributed by atoms with Crippen LogP contribution in [-0.4, -0.2) is 81.2 Å². The monoisotopic (exact) mass is 973 g/mol. The molecule has 69 heavy (non-hydrogen) atoms. The van der Waals surface area contributed by atoms with Crippen molar-refractivity contribution in [3.8, 4) is 23.3 Å². The van der Waals surface area contributed by atoms with E-state index in [-0.39, 0.29) is 116 Å². The summed E-state index contributed by atoms with van der Waals surface area (Å²) in [6.45, 7) is 1.93. The van der Waals surface area contributed by atoms with Crippen molar-refractivity contribution in [3.05, 3.63) is 106 Å². The summed E-state index contributed by atoms with van der Waals surface area (Å²) in [6, 6.07) is 18.6. The van der Waals surface area contributed by atoms with Gasteiger partial charge in [0.15, 0.2) is 5.96 Å². The number of guanidine groups is 1. The van der Waals surface area contributed by atoms with Crippen molar-refractivity contribution in [3.63, 3.8) is 0 Å². The SMILES string of the molecule is CC1CCc2cc3ccc2C1CC(S(=O)(=O)[O-])C1C=C2CC(CC4CC(CO)CC#Cc5cc(O)ccc5C2O4)C1c1ccc(cc1)C(CC(CCO)C1(O)CCC(CCCO)C1)(N=C(N)N)O3.[Na+]. The minimum Gasteiger partial charge on any atom is -0.748 e. The molecule has 13 nitrogen and oxygen atoms in total. The second kappa shape index (κ2) is 21.3. The van der Waals surface area contributed by atoms with Gasteiger partial charge in [-0.1, -0.05) is 61.2 Å². The third-order valence-electron chi connectivity index (χ3n) is 16.7. The van der Waals surface area contributed by atoms with Crippen LogP contribution in [0.5, 0.6) is 11.5 Å². The molecule has 1 saturated carbocycles. The normalized spacial score (nSPS) is 33.0. The van der Waals surface area contributed by atoms with Crippen molar-refractivity contribution in [2.75, 3.05) is 19.8 Å². The van der Waals surface area contributed by atoms with Crippen LogP contribution in [0.4, 0.5) is 0 Å². The molecule has 5 heterocycles. The van der Waals surface area contributed by atoms with Crippen molar-refractivity contribution < 1.29 is 77.5 Å². The first kappa shape index (κ1) is 51.9. The smallest absolute Gasteiger partial charge is 0.748 e.